The van der Waals surface area contributed by atoms with Gasteiger partial charge in [0.1, 0.15) is 18.1 Å². The number of rotatable bonds is 7. The molecule has 0 fully saturated rings. The lowest BCUT2D eigenvalue weighted by molar-refractivity contribution is 0.306. The standard InChI is InChI=1S/C29H28O2.C5H12.C2H6/c1-20-8-7-9-23(16-20)19-31-26-13-15-28(22(3)18-26)29(24-10-5-4-6-11-24)27-14-12-25(30)17-21(27)2;1-4-5(2)3;1-2/h4-18,29-30H,19H2,1-3H3;5H,4H2,1-3H3;1-2H3. The zero-order valence-electron chi connectivity index (χ0n) is 24.6. The molecule has 4 aromatic carbocycles. The molecule has 38 heavy (non-hydrogen) atoms. The van der Waals surface area contributed by atoms with Crippen LogP contribution in [0.5, 0.6) is 11.5 Å². The fourth-order valence-corrected chi connectivity index (χ4v) is 4.19. The molecule has 0 bridgehead atoms. The van der Waals surface area contributed by atoms with Gasteiger partial charge in [-0.1, -0.05) is 113 Å². The van der Waals surface area contributed by atoms with E-state index in [1.54, 1.807) is 6.07 Å². The van der Waals surface area contributed by atoms with Crippen LogP contribution in [0.2, 0.25) is 0 Å². The number of benzene rings is 4. The second-order valence-electron chi connectivity index (χ2n) is 9.98. The molecule has 2 heteroatoms. The van der Waals surface area contributed by atoms with Crippen molar-refractivity contribution in [3.8, 4) is 11.5 Å². The summed E-state index contributed by atoms with van der Waals surface area (Å²) in [6.45, 7) is 17.5. The first kappa shape index (κ1) is 30.7. The van der Waals surface area contributed by atoms with Gasteiger partial charge in [0, 0.05) is 5.92 Å². The average molecular weight is 511 g/mol. The van der Waals surface area contributed by atoms with E-state index in [1.165, 1.54) is 39.8 Å². The first-order chi connectivity index (χ1) is 18.3. The highest BCUT2D eigenvalue weighted by molar-refractivity contribution is 5.51. The first-order valence-corrected chi connectivity index (χ1v) is 13.9. The van der Waals surface area contributed by atoms with E-state index >= 15 is 0 Å². The second-order valence-corrected chi connectivity index (χ2v) is 9.98. The fourth-order valence-electron chi connectivity index (χ4n) is 4.19. The minimum Gasteiger partial charge on any atom is -0.508 e. The van der Waals surface area contributed by atoms with Crippen LogP contribution in [0.4, 0.5) is 0 Å². The van der Waals surface area contributed by atoms with Crippen LogP contribution < -0.4 is 4.74 Å². The predicted octanol–water partition coefficient (Wildman–Crippen LogP) is 10.2. The molecule has 0 heterocycles. The molecule has 0 aromatic heterocycles. The van der Waals surface area contributed by atoms with Crippen molar-refractivity contribution in [2.75, 3.05) is 0 Å². The number of aryl methyl sites for hydroxylation is 3. The molecule has 1 atom stereocenters. The summed E-state index contributed by atoms with van der Waals surface area (Å²) in [5, 5.41) is 9.91. The molecule has 4 aromatic rings. The molecule has 202 valence electrons. The van der Waals surface area contributed by atoms with Crippen molar-refractivity contribution in [1.29, 1.82) is 0 Å². The Labute approximate surface area is 231 Å². The molecule has 0 aliphatic carbocycles. The highest BCUT2D eigenvalue weighted by Gasteiger charge is 2.21. The largest absolute Gasteiger partial charge is 0.508 e. The first-order valence-electron chi connectivity index (χ1n) is 13.9. The van der Waals surface area contributed by atoms with E-state index in [2.05, 4.69) is 108 Å². The number of hydrogen-bond acceptors (Lipinski definition) is 2. The summed E-state index contributed by atoms with van der Waals surface area (Å²) in [4.78, 5) is 0. The van der Waals surface area contributed by atoms with Gasteiger partial charge >= 0.3 is 0 Å². The van der Waals surface area contributed by atoms with Gasteiger partial charge in [-0.05, 0) is 84.3 Å². The van der Waals surface area contributed by atoms with Crippen molar-refractivity contribution in [3.05, 3.63) is 130 Å². The number of phenols is 1. The van der Waals surface area contributed by atoms with Crippen molar-refractivity contribution >= 4 is 0 Å². The lowest BCUT2D eigenvalue weighted by Crippen LogP contribution is -2.07. The molecule has 0 aliphatic heterocycles. The van der Waals surface area contributed by atoms with Crippen LogP contribution in [-0.2, 0) is 6.61 Å². The molecule has 0 radical (unpaired) electrons. The van der Waals surface area contributed by atoms with Crippen LogP contribution in [0.3, 0.4) is 0 Å². The van der Waals surface area contributed by atoms with Crippen LogP contribution in [0.15, 0.2) is 91.0 Å². The van der Waals surface area contributed by atoms with Gasteiger partial charge in [-0.15, -0.1) is 0 Å². The van der Waals surface area contributed by atoms with Crippen LogP contribution >= 0.6 is 0 Å². The van der Waals surface area contributed by atoms with Gasteiger partial charge < -0.3 is 9.84 Å². The maximum Gasteiger partial charge on any atom is 0.120 e. The average Bonchev–Trinajstić information content (AvgIpc) is 2.92. The zero-order chi connectivity index (χ0) is 28.1. The Kier molecular flexibility index (Phi) is 12.7. The van der Waals surface area contributed by atoms with Crippen molar-refractivity contribution in [3.63, 3.8) is 0 Å². The molecule has 1 N–H and O–H groups in total. The summed E-state index contributed by atoms with van der Waals surface area (Å²) < 4.78 is 6.08. The quantitative estimate of drug-likeness (QED) is 0.251. The Bertz CT molecular complexity index is 1240. The lowest BCUT2D eigenvalue weighted by atomic mass is 9.81. The van der Waals surface area contributed by atoms with Crippen LogP contribution in [-0.4, -0.2) is 5.11 Å². The number of aromatic hydroxyl groups is 1. The highest BCUT2D eigenvalue weighted by atomic mass is 16.5. The summed E-state index contributed by atoms with van der Waals surface area (Å²) in [7, 11) is 0. The Morgan fingerprint density at radius 1 is 0.711 bits per heavy atom. The topological polar surface area (TPSA) is 29.5 Å². The van der Waals surface area contributed by atoms with Gasteiger partial charge in [-0.3, -0.25) is 0 Å². The van der Waals surface area contributed by atoms with Crippen molar-refractivity contribution in [1.82, 2.24) is 0 Å². The summed E-state index contributed by atoms with van der Waals surface area (Å²) in [5.74, 6) is 2.14. The molecular formula is C36H46O2. The Balaban J connectivity index is 0.000000651. The van der Waals surface area contributed by atoms with Crippen molar-refractivity contribution < 1.29 is 9.84 Å². The van der Waals surface area contributed by atoms with E-state index in [4.69, 9.17) is 4.74 Å². The van der Waals surface area contributed by atoms with Crippen LogP contribution in [0, 0.1) is 26.7 Å². The number of ether oxygens (including phenoxy) is 1. The molecule has 4 rings (SSSR count). The Morgan fingerprint density at radius 3 is 1.87 bits per heavy atom. The van der Waals surface area contributed by atoms with Gasteiger partial charge in [0.2, 0.25) is 0 Å². The third kappa shape index (κ3) is 9.10. The minimum atomic E-state index is 0.0904. The fraction of sp³-hybridized carbons (Fsp3) is 0.333. The maximum atomic E-state index is 9.91. The summed E-state index contributed by atoms with van der Waals surface area (Å²) >= 11 is 0. The van der Waals surface area contributed by atoms with Gasteiger partial charge in [-0.2, -0.15) is 0 Å². The molecule has 0 saturated heterocycles. The lowest BCUT2D eigenvalue weighted by Gasteiger charge is -2.23. The molecule has 0 amide bonds. The summed E-state index contributed by atoms with van der Waals surface area (Å²) in [5.41, 5.74) is 8.33. The normalized spacial score (nSPS) is 11.1. The predicted molar refractivity (Wildman–Crippen MR) is 163 cm³/mol. The van der Waals surface area contributed by atoms with Crippen molar-refractivity contribution in [2.45, 2.75) is 74.3 Å². The van der Waals surface area contributed by atoms with E-state index in [1.807, 2.05) is 32.0 Å². The molecule has 0 saturated carbocycles. The van der Waals surface area contributed by atoms with Crippen molar-refractivity contribution in [2.24, 2.45) is 5.92 Å². The zero-order valence-corrected chi connectivity index (χ0v) is 24.6. The smallest absolute Gasteiger partial charge is 0.120 e. The van der Waals surface area contributed by atoms with Gasteiger partial charge in [-0.25, -0.2) is 0 Å². The Morgan fingerprint density at radius 2 is 1.32 bits per heavy atom. The Hall–Kier alpha value is -3.52. The third-order valence-corrected chi connectivity index (χ3v) is 6.55. The second kappa shape index (κ2) is 15.7. The van der Waals surface area contributed by atoms with E-state index < -0.39 is 0 Å². The van der Waals surface area contributed by atoms with Gasteiger partial charge in [0.25, 0.3) is 0 Å². The monoisotopic (exact) mass is 510 g/mol. The van der Waals surface area contributed by atoms with E-state index in [-0.39, 0.29) is 5.92 Å². The molecule has 0 spiro atoms. The third-order valence-electron chi connectivity index (χ3n) is 6.55. The maximum absolute atomic E-state index is 9.91. The summed E-state index contributed by atoms with van der Waals surface area (Å²) in [6, 6.07) is 30.9. The minimum absolute atomic E-state index is 0.0904. The van der Waals surface area contributed by atoms with E-state index in [0.29, 0.717) is 12.4 Å². The van der Waals surface area contributed by atoms with Crippen LogP contribution in [0.1, 0.15) is 85.9 Å². The van der Waals surface area contributed by atoms with E-state index in [0.717, 1.165) is 17.2 Å². The van der Waals surface area contributed by atoms with Crippen LogP contribution in [0.25, 0.3) is 0 Å². The SMILES string of the molecule is CC.CCC(C)C.Cc1cccc(COc2ccc(C(c3ccccc3)c3ccc(O)cc3C)c(C)c2)c1. The van der Waals surface area contributed by atoms with E-state index in [9.17, 15) is 5.11 Å². The number of hydrogen-bond donors (Lipinski definition) is 1. The highest BCUT2D eigenvalue weighted by Crippen LogP contribution is 2.37. The van der Waals surface area contributed by atoms with Gasteiger partial charge in [0.05, 0.1) is 0 Å². The molecule has 1 unspecified atom stereocenters. The summed E-state index contributed by atoms with van der Waals surface area (Å²) in [6.07, 6.45) is 1.31. The molecule has 2 nitrogen and oxygen atoms in total. The van der Waals surface area contributed by atoms with Gasteiger partial charge in [0.15, 0.2) is 0 Å². The molecular weight excluding hydrogens is 464 g/mol. The molecule has 0 aliphatic rings. The number of phenolic OH excluding ortho intramolecular Hbond substituents is 1.